The van der Waals surface area contributed by atoms with Crippen LogP contribution in [0.25, 0.3) is 11.1 Å². The normalized spacial score (nSPS) is 13.2. The van der Waals surface area contributed by atoms with E-state index in [1.165, 1.54) is 6.92 Å². The largest absolute Gasteiger partial charge is 0.507 e. The van der Waals surface area contributed by atoms with Gasteiger partial charge in [0, 0.05) is 17.7 Å². The van der Waals surface area contributed by atoms with Gasteiger partial charge in [0.2, 0.25) is 5.91 Å². The first-order valence-electron chi connectivity index (χ1n) is 10.4. The molecule has 0 aliphatic rings. The lowest BCUT2D eigenvalue weighted by Gasteiger charge is -2.23. The van der Waals surface area contributed by atoms with E-state index in [1.54, 1.807) is 36.4 Å². The molecule has 3 rings (SSSR count). The first-order valence-corrected chi connectivity index (χ1v) is 12.0. The molecule has 0 saturated heterocycles. The molecule has 1 amide bonds. The van der Waals surface area contributed by atoms with Crippen molar-refractivity contribution in [1.82, 2.24) is 0 Å². The van der Waals surface area contributed by atoms with Crippen molar-refractivity contribution in [3.63, 3.8) is 0 Å². The van der Waals surface area contributed by atoms with Gasteiger partial charge in [-0.1, -0.05) is 42.5 Å². The highest BCUT2D eigenvalue weighted by Gasteiger charge is 2.32. The number of phosphoric acid groups is 1. The number of aromatic hydroxyl groups is 1. The minimum atomic E-state index is -4.73. The highest BCUT2D eigenvalue weighted by molar-refractivity contribution is 7.46. The zero-order chi connectivity index (χ0) is 24.8. The Kier molecular flexibility index (Phi) is 8.09. The molecule has 0 saturated carbocycles. The summed E-state index contributed by atoms with van der Waals surface area (Å²) in [6.07, 6.45) is 0.685. The van der Waals surface area contributed by atoms with Crippen LogP contribution in [-0.4, -0.2) is 39.6 Å². The zero-order valence-electron chi connectivity index (χ0n) is 18.5. The molecule has 0 spiro atoms. The summed E-state index contributed by atoms with van der Waals surface area (Å²) >= 11 is 0. The van der Waals surface area contributed by atoms with E-state index in [4.69, 9.17) is 20.3 Å². The van der Waals surface area contributed by atoms with Crippen molar-refractivity contribution in [2.24, 2.45) is 5.73 Å². The number of carbonyl (C=O) groups is 1. The number of para-hydroxylation sites is 1. The van der Waals surface area contributed by atoms with Crippen LogP contribution in [0.5, 0.6) is 11.5 Å². The minimum Gasteiger partial charge on any atom is -0.507 e. The molecule has 9 nitrogen and oxygen atoms in total. The average molecular weight is 486 g/mol. The van der Waals surface area contributed by atoms with Gasteiger partial charge in [-0.15, -0.1) is 0 Å². The number of hydrogen-bond donors (Lipinski definition) is 5. The summed E-state index contributed by atoms with van der Waals surface area (Å²) in [5.74, 6) is 0.204. The zero-order valence-corrected chi connectivity index (χ0v) is 19.4. The number of ether oxygens (including phenoxy) is 1. The lowest BCUT2D eigenvalue weighted by molar-refractivity contribution is -0.121. The quantitative estimate of drug-likeness (QED) is 0.273. The van der Waals surface area contributed by atoms with E-state index in [2.05, 4.69) is 9.84 Å². The SMILES string of the molecule is C[C@](N)(COP(=O)(O)O)C(=O)Nc1ccc(OCCc2ccc(-c3ccccc3O)cc2)cc1. The smallest absolute Gasteiger partial charge is 0.469 e. The molecule has 0 aliphatic heterocycles. The van der Waals surface area contributed by atoms with Gasteiger partial charge in [-0.05, 0) is 48.4 Å². The molecule has 0 radical (unpaired) electrons. The Hall–Kier alpha value is -3.20. The summed E-state index contributed by atoms with van der Waals surface area (Å²) < 4.78 is 20.9. The highest BCUT2D eigenvalue weighted by atomic mass is 31.2. The minimum absolute atomic E-state index is 0.240. The number of rotatable bonds is 10. The molecule has 0 aromatic heterocycles. The molecule has 1 atom stereocenters. The number of phenolic OH excluding ortho intramolecular Hbond substituents is 1. The van der Waals surface area contributed by atoms with E-state index < -0.39 is 25.9 Å². The number of phenols is 1. The van der Waals surface area contributed by atoms with Crippen LogP contribution in [-0.2, 0) is 20.3 Å². The Bertz CT molecular complexity index is 1160. The number of phosphoric ester groups is 1. The Morgan fingerprint density at radius 1 is 1.03 bits per heavy atom. The Morgan fingerprint density at radius 3 is 2.29 bits per heavy atom. The van der Waals surface area contributed by atoms with Crippen LogP contribution < -0.4 is 15.8 Å². The van der Waals surface area contributed by atoms with Crippen molar-refractivity contribution in [3.05, 3.63) is 78.4 Å². The number of carbonyl (C=O) groups excluding carboxylic acids is 1. The lowest BCUT2D eigenvalue weighted by Crippen LogP contribution is -2.52. The van der Waals surface area contributed by atoms with Crippen molar-refractivity contribution < 1.29 is 33.5 Å². The molecule has 34 heavy (non-hydrogen) atoms. The number of amides is 1. The van der Waals surface area contributed by atoms with Crippen LogP contribution in [0, 0.1) is 0 Å². The van der Waals surface area contributed by atoms with Crippen LogP contribution in [0.2, 0.25) is 0 Å². The third-order valence-electron chi connectivity index (χ3n) is 4.99. The van der Waals surface area contributed by atoms with Gasteiger partial charge in [-0.2, -0.15) is 0 Å². The van der Waals surface area contributed by atoms with Crippen LogP contribution in [0.4, 0.5) is 5.69 Å². The third-order valence-corrected chi connectivity index (χ3v) is 5.46. The number of nitrogens with one attached hydrogen (secondary N) is 1. The summed E-state index contributed by atoms with van der Waals surface area (Å²) in [4.78, 5) is 29.8. The number of benzene rings is 3. The van der Waals surface area contributed by atoms with Gasteiger partial charge in [0.05, 0.1) is 13.2 Å². The average Bonchev–Trinajstić information content (AvgIpc) is 2.79. The molecule has 0 fully saturated rings. The van der Waals surface area contributed by atoms with E-state index in [1.807, 2.05) is 36.4 Å². The molecular formula is C24H27N2O7P. The van der Waals surface area contributed by atoms with Crippen LogP contribution >= 0.6 is 7.82 Å². The predicted molar refractivity (Wildman–Crippen MR) is 128 cm³/mol. The van der Waals surface area contributed by atoms with E-state index >= 15 is 0 Å². The van der Waals surface area contributed by atoms with Gasteiger partial charge in [0.1, 0.15) is 17.0 Å². The monoisotopic (exact) mass is 486 g/mol. The van der Waals surface area contributed by atoms with Gasteiger partial charge < -0.3 is 30.7 Å². The maximum absolute atomic E-state index is 12.3. The summed E-state index contributed by atoms with van der Waals surface area (Å²) in [6, 6.07) is 21.7. The first-order chi connectivity index (χ1) is 16.0. The Balaban J connectivity index is 1.48. The van der Waals surface area contributed by atoms with Gasteiger partial charge in [0.15, 0.2) is 0 Å². The fourth-order valence-corrected chi connectivity index (χ4v) is 3.48. The van der Waals surface area contributed by atoms with E-state index in [0.717, 1.165) is 16.7 Å². The van der Waals surface area contributed by atoms with Crippen molar-refractivity contribution in [3.8, 4) is 22.6 Å². The summed E-state index contributed by atoms with van der Waals surface area (Å²) in [5, 5.41) is 12.6. The number of anilines is 1. The molecule has 0 unspecified atom stereocenters. The Labute approximate surface area is 197 Å². The number of nitrogens with two attached hydrogens (primary N) is 1. The molecule has 0 heterocycles. The van der Waals surface area contributed by atoms with Crippen LogP contribution in [0.1, 0.15) is 12.5 Å². The molecule has 0 bridgehead atoms. The molecule has 6 N–H and O–H groups in total. The van der Waals surface area contributed by atoms with Gasteiger partial charge in [-0.25, -0.2) is 4.57 Å². The predicted octanol–water partition coefficient (Wildman–Crippen LogP) is 3.45. The van der Waals surface area contributed by atoms with E-state index in [0.29, 0.717) is 24.5 Å². The van der Waals surface area contributed by atoms with E-state index in [9.17, 15) is 14.5 Å². The summed E-state index contributed by atoms with van der Waals surface area (Å²) in [6.45, 7) is 1.12. The second kappa shape index (κ2) is 10.8. The highest BCUT2D eigenvalue weighted by Crippen LogP contribution is 2.36. The van der Waals surface area contributed by atoms with Gasteiger partial charge in [0.25, 0.3) is 0 Å². The van der Waals surface area contributed by atoms with Crippen molar-refractivity contribution in [2.75, 3.05) is 18.5 Å². The van der Waals surface area contributed by atoms with Crippen LogP contribution in [0.3, 0.4) is 0 Å². The second-order valence-corrected chi connectivity index (χ2v) is 9.21. The lowest BCUT2D eigenvalue weighted by atomic mass is 10.0. The maximum atomic E-state index is 12.3. The fourth-order valence-electron chi connectivity index (χ4n) is 3.05. The molecule has 10 heteroatoms. The van der Waals surface area contributed by atoms with E-state index in [-0.39, 0.29) is 5.75 Å². The summed E-state index contributed by atoms with van der Waals surface area (Å²) in [7, 11) is -4.73. The molecule has 180 valence electrons. The first kappa shape index (κ1) is 25.4. The Morgan fingerprint density at radius 2 is 1.68 bits per heavy atom. The molecule has 3 aromatic rings. The third kappa shape index (κ3) is 7.41. The van der Waals surface area contributed by atoms with Crippen molar-refractivity contribution >= 4 is 19.4 Å². The number of hydrogen-bond acceptors (Lipinski definition) is 6. The van der Waals surface area contributed by atoms with Gasteiger partial charge in [-0.3, -0.25) is 9.32 Å². The molecule has 0 aliphatic carbocycles. The van der Waals surface area contributed by atoms with Gasteiger partial charge >= 0.3 is 7.82 Å². The fraction of sp³-hybridized carbons (Fsp3) is 0.208. The summed E-state index contributed by atoms with van der Waals surface area (Å²) in [5.41, 5.74) is 7.41. The molecular weight excluding hydrogens is 459 g/mol. The molecule has 3 aromatic carbocycles. The standard InChI is InChI=1S/C24H27N2O7P/c1-24(25,16-33-34(29,30)31)23(28)26-19-10-12-20(13-11-19)32-15-14-17-6-8-18(9-7-17)21-4-2-3-5-22(21)27/h2-13,27H,14-16,25H2,1H3,(H,26,28)(H2,29,30,31)/t24-/m0/s1. The van der Waals surface area contributed by atoms with Crippen molar-refractivity contribution in [2.45, 2.75) is 18.9 Å². The van der Waals surface area contributed by atoms with Crippen LogP contribution in [0.15, 0.2) is 72.8 Å². The second-order valence-electron chi connectivity index (χ2n) is 7.97. The topological polar surface area (TPSA) is 151 Å². The maximum Gasteiger partial charge on any atom is 0.469 e. The van der Waals surface area contributed by atoms with Crippen molar-refractivity contribution in [1.29, 1.82) is 0 Å².